The molecule has 0 aromatic rings. The molecule has 40 heavy (non-hydrogen) atoms. The van der Waals surface area contributed by atoms with Crippen molar-refractivity contribution in [1.29, 1.82) is 0 Å². The third-order valence-corrected chi connectivity index (χ3v) is 9.20. The van der Waals surface area contributed by atoms with Crippen LogP contribution in [0.15, 0.2) is 0 Å². The lowest BCUT2D eigenvalue weighted by atomic mass is 9.77. The van der Waals surface area contributed by atoms with E-state index in [-0.39, 0.29) is 42.0 Å². The van der Waals surface area contributed by atoms with E-state index in [0.717, 1.165) is 70.6 Å². The second-order valence-corrected chi connectivity index (χ2v) is 13.1. The van der Waals surface area contributed by atoms with E-state index in [4.69, 9.17) is 9.47 Å². The van der Waals surface area contributed by atoms with E-state index >= 15 is 0 Å². The van der Waals surface area contributed by atoms with Crippen LogP contribution < -0.4 is 0 Å². The predicted molar refractivity (Wildman–Crippen MR) is 164 cm³/mol. The maximum absolute atomic E-state index is 12.0. The highest BCUT2D eigenvalue weighted by Crippen LogP contribution is 2.42. The fourth-order valence-electron chi connectivity index (χ4n) is 6.39. The van der Waals surface area contributed by atoms with E-state index < -0.39 is 6.10 Å². The van der Waals surface area contributed by atoms with Crippen LogP contribution in [-0.2, 0) is 14.3 Å². The molecule has 1 rings (SSSR count). The number of aliphatic hydroxyl groups is 3. The fraction of sp³-hybridized carbons (Fsp3) is 0.971. The first kappa shape index (κ1) is 37.3. The van der Waals surface area contributed by atoms with E-state index in [1.807, 2.05) is 0 Å². The Morgan fingerprint density at radius 1 is 0.825 bits per heavy atom. The first-order valence-electron chi connectivity index (χ1n) is 17.0. The van der Waals surface area contributed by atoms with Gasteiger partial charge in [-0.3, -0.25) is 4.79 Å². The summed E-state index contributed by atoms with van der Waals surface area (Å²) in [6.07, 6.45) is 19.9. The standard InChI is InChI=1S/C34H66O6/c1-5-7-9-10-11-12-15-18-25-40-33(38)20-17-14-13-16-19-28-29(31(27-30(28)36)39-26-24-35)21-22-32(37)34(3,4)23-8-6-2/h28-32,35-37H,5-27H2,1-4H3/t28-,29-,30+,31-,32?/m1/s1. The van der Waals surface area contributed by atoms with E-state index in [9.17, 15) is 20.1 Å². The SMILES string of the molecule is CCCCCCCCCCOC(=O)CCCCCC[C@@H]1[C@@H](CCC(O)C(C)(C)CCCC)[C@H](OCCO)C[C@@H]1O. The Morgan fingerprint density at radius 3 is 2.12 bits per heavy atom. The first-order chi connectivity index (χ1) is 19.3. The van der Waals surface area contributed by atoms with Crippen LogP contribution in [0.25, 0.3) is 0 Å². The van der Waals surface area contributed by atoms with Crippen molar-refractivity contribution in [3.63, 3.8) is 0 Å². The van der Waals surface area contributed by atoms with Gasteiger partial charge in [0, 0.05) is 12.8 Å². The average Bonchev–Trinajstić information content (AvgIpc) is 3.23. The number of aliphatic hydroxyl groups excluding tert-OH is 3. The normalized spacial score (nSPS) is 22.1. The van der Waals surface area contributed by atoms with E-state index in [0.29, 0.717) is 32.5 Å². The quantitative estimate of drug-likeness (QED) is 0.0727. The Kier molecular flexibility index (Phi) is 21.3. The Bertz CT molecular complexity index is 609. The van der Waals surface area contributed by atoms with Crippen molar-refractivity contribution in [3.05, 3.63) is 0 Å². The van der Waals surface area contributed by atoms with Gasteiger partial charge < -0.3 is 24.8 Å². The molecule has 0 spiro atoms. The van der Waals surface area contributed by atoms with Gasteiger partial charge in [-0.2, -0.15) is 0 Å². The fourth-order valence-corrected chi connectivity index (χ4v) is 6.39. The summed E-state index contributed by atoms with van der Waals surface area (Å²) in [4.78, 5) is 12.0. The summed E-state index contributed by atoms with van der Waals surface area (Å²) >= 11 is 0. The lowest BCUT2D eigenvalue weighted by molar-refractivity contribution is -0.143. The second-order valence-electron chi connectivity index (χ2n) is 13.1. The molecule has 238 valence electrons. The Morgan fingerprint density at radius 2 is 1.45 bits per heavy atom. The zero-order valence-corrected chi connectivity index (χ0v) is 26.7. The van der Waals surface area contributed by atoms with Gasteiger partial charge in [0.1, 0.15) is 0 Å². The third kappa shape index (κ3) is 16.1. The van der Waals surface area contributed by atoms with Gasteiger partial charge in [0.05, 0.1) is 38.1 Å². The topological polar surface area (TPSA) is 96.2 Å². The molecule has 0 amide bonds. The predicted octanol–water partition coefficient (Wildman–Crippen LogP) is 7.74. The molecule has 0 aromatic heterocycles. The minimum Gasteiger partial charge on any atom is -0.466 e. The average molecular weight is 571 g/mol. The van der Waals surface area contributed by atoms with Crippen molar-refractivity contribution < 1.29 is 29.6 Å². The maximum atomic E-state index is 12.0. The minimum atomic E-state index is -0.398. The van der Waals surface area contributed by atoms with Gasteiger partial charge in [-0.1, -0.05) is 105 Å². The van der Waals surface area contributed by atoms with Gasteiger partial charge in [0.25, 0.3) is 0 Å². The number of carbonyl (C=O) groups is 1. The molecule has 1 fully saturated rings. The molecule has 0 saturated heterocycles. The number of unbranched alkanes of at least 4 members (excludes halogenated alkanes) is 11. The van der Waals surface area contributed by atoms with Crippen molar-refractivity contribution in [2.75, 3.05) is 19.8 Å². The number of hydrogen-bond donors (Lipinski definition) is 3. The smallest absolute Gasteiger partial charge is 0.305 e. The Balaban J connectivity index is 2.30. The third-order valence-electron chi connectivity index (χ3n) is 9.20. The molecule has 0 heterocycles. The molecule has 1 unspecified atom stereocenters. The highest BCUT2D eigenvalue weighted by Gasteiger charge is 2.43. The van der Waals surface area contributed by atoms with Crippen LogP contribution in [0.2, 0.25) is 0 Å². The van der Waals surface area contributed by atoms with E-state index in [1.54, 1.807) is 0 Å². The summed E-state index contributed by atoms with van der Waals surface area (Å²) in [6, 6.07) is 0. The van der Waals surface area contributed by atoms with Crippen LogP contribution in [-0.4, -0.2) is 59.4 Å². The van der Waals surface area contributed by atoms with Crippen molar-refractivity contribution in [1.82, 2.24) is 0 Å². The summed E-state index contributed by atoms with van der Waals surface area (Å²) in [5.41, 5.74) is -0.112. The van der Waals surface area contributed by atoms with Crippen molar-refractivity contribution in [2.24, 2.45) is 17.3 Å². The van der Waals surface area contributed by atoms with Gasteiger partial charge in [-0.15, -0.1) is 0 Å². The monoisotopic (exact) mass is 570 g/mol. The maximum Gasteiger partial charge on any atom is 0.305 e. The summed E-state index contributed by atoms with van der Waals surface area (Å²) < 4.78 is 11.4. The highest BCUT2D eigenvalue weighted by atomic mass is 16.5. The van der Waals surface area contributed by atoms with Gasteiger partial charge in [-0.05, 0) is 55.8 Å². The second kappa shape index (κ2) is 22.9. The molecule has 0 bridgehead atoms. The molecule has 0 aromatic carbocycles. The van der Waals surface area contributed by atoms with Crippen LogP contribution in [0.3, 0.4) is 0 Å². The number of esters is 1. The summed E-state index contributed by atoms with van der Waals surface area (Å²) in [7, 11) is 0. The Hall–Kier alpha value is -0.690. The number of hydrogen-bond acceptors (Lipinski definition) is 6. The van der Waals surface area contributed by atoms with Gasteiger partial charge >= 0.3 is 5.97 Å². The summed E-state index contributed by atoms with van der Waals surface area (Å²) in [5, 5.41) is 31.1. The van der Waals surface area contributed by atoms with Gasteiger partial charge in [0.15, 0.2) is 0 Å². The molecule has 6 nitrogen and oxygen atoms in total. The number of rotatable bonds is 26. The van der Waals surface area contributed by atoms with Crippen molar-refractivity contribution >= 4 is 5.97 Å². The number of carbonyl (C=O) groups excluding carboxylic acids is 1. The largest absolute Gasteiger partial charge is 0.466 e. The highest BCUT2D eigenvalue weighted by molar-refractivity contribution is 5.69. The number of ether oxygens (including phenoxy) is 2. The molecule has 1 aliphatic carbocycles. The molecule has 6 heteroatoms. The molecular formula is C34H66O6. The van der Waals surface area contributed by atoms with Crippen LogP contribution in [0, 0.1) is 17.3 Å². The van der Waals surface area contributed by atoms with Crippen LogP contribution in [0.5, 0.6) is 0 Å². The molecule has 3 N–H and O–H groups in total. The van der Waals surface area contributed by atoms with Gasteiger partial charge in [-0.25, -0.2) is 0 Å². The summed E-state index contributed by atoms with van der Waals surface area (Å²) in [6.45, 7) is 9.56. The zero-order valence-electron chi connectivity index (χ0n) is 26.7. The van der Waals surface area contributed by atoms with Crippen LogP contribution in [0.1, 0.15) is 156 Å². The minimum absolute atomic E-state index is 0.0157. The molecule has 1 aliphatic rings. The molecule has 5 atom stereocenters. The lowest BCUT2D eigenvalue weighted by Gasteiger charge is -2.33. The summed E-state index contributed by atoms with van der Waals surface area (Å²) in [5.74, 6) is 0.286. The van der Waals surface area contributed by atoms with E-state index in [1.165, 1.54) is 38.5 Å². The first-order valence-corrected chi connectivity index (χ1v) is 17.0. The zero-order chi connectivity index (χ0) is 29.6. The van der Waals surface area contributed by atoms with Crippen LogP contribution in [0.4, 0.5) is 0 Å². The lowest BCUT2D eigenvalue weighted by Crippen LogP contribution is -2.32. The van der Waals surface area contributed by atoms with E-state index in [2.05, 4.69) is 27.7 Å². The molecular weight excluding hydrogens is 504 g/mol. The van der Waals surface area contributed by atoms with Crippen molar-refractivity contribution in [2.45, 2.75) is 174 Å². The Labute approximate surface area is 247 Å². The van der Waals surface area contributed by atoms with Crippen LogP contribution >= 0.6 is 0 Å². The molecule has 0 radical (unpaired) electrons. The molecule has 1 saturated carbocycles. The van der Waals surface area contributed by atoms with Crippen molar-refractivity contribution in [3.8, 4) is 0 Å². The molecule has 0 aliphatic heterocycles. The van der Waals surface area contributed by atoms with Gasteiger partial charge in [0.2, 0.25) is 0 Å².